The molecule has 2 aliphatic heterocycles. The van der Waals surface area contributed by atoms with Crippen molar-refractivity contribution >= 4 is 28.4 Å². The molecule has 3 aromatic rings. The second kappa shape index (κ2) is 6.70. The van der Waals surface area contributed by atoms with Gasteiger partial charge in [-0.05, 0) is 42.3 Å². The second-order valence-electron chi connectivity index (χ2n) is 7.45. The maximum atomic E-state index is 14.2. The molecule has 2 aromatic carbocycles. The molecule has 29 heavy (non-hydrogen) atoms. The molecule has 0 spiro atoms. The molecule has 0 bridgehead atoms. The summed E-state index contributed by atoms with van der Waals surface area (Å²) in [6.07, 6.45) is 0.830. The van der Waals surface area contributed by atoms with E-state index in [0.717, 1.165) is 33.7 Å². The van der Waals surface area contributed by atoms with Crippen LogP contribution in [0, 0.1) is 5.82 Å². The number of imide groups is 1. The van der Waals surface area contributed by atoms with Crippen LogP contribution >= 0.6 is 0 Å². The van der Waals surface area contributed by atoms with E-state index in [0.29, 0.717) is 13.1 Å². The highest BCUT2D eigenvalue weighted by Crippen LogP contribution is 2.34. The van der Waals surface area contributed by atoms with Gasteiger partial charge in [-0.2, -0.15) is 0 Å². The Morgan fingerprint density at radius 3 is 2.79 bits per heavy atom. The van der Waals surface area contributed by atoms with Crippen LogP contribution in [0.2, 0.25) is 0 Å². The van der Waals surface area contributed by atoms with E-state index in [4.69, 9.17) is 4.74 Å². The Kier molecular flexibility index (Phi) is 4.13. The predicted molar refractivity (Wildman–Crippen MR) is 106 cm³/mol. The number of hydrogen-bond donors (Lipinski definition) is 1. The number of anilines is 1. The maximum Gasteiger partial charge on any atom is 0.251 e. The molecule has 7 heteroatoms. The molecule has 148 valence electrons. The molecule has 1 saturated heterocycles. The summed E-state index contributed by atoms with van der Waals surface area (Å²) in [5, 5.41) is 1.13. The Morgan fingerprint density at radius 2 is 2.00 bits per heavy atom. The number of nitrogens with one attached hydrogen (secondary N) is 1. The molecule has 6 nitrogen and oxygen atoms in total. The molecule has 1 N–H and O–H groups in total. The fraction of sp³-hybridized carbons (Fsp3) is 0.273. The number of aromatic amines is 1. The van der Waals surface area contributed by atoms with Gasteiger partial charge in [0.2, 0.25) is 5.91 Å². The molecule has 1 atom stereocenters. The van der Waals surface area contributed by atoms with E-state index in [9.17, 15) is 14.0 Å². The lowest BCUT2D eigenvalue weighted by atomic mass is 10.0. The Labute approximate surface area is 166 Å². The van der Waals surface area contributed by atoms with E-state index >= 15 is 0 Å². The van der Waals surface area contributed by atoms with E-state index in [2.05, 4.69) is 4.98 Å². The van der Waals surface area contributed by atoms with Gasteiger partial charge in [-0.15, -0.1) is 0 Å². The molecule has 1 fully saturated rings. The van der Waals surface area contributed by atoms with Crippen LogP contribution in [-0.4, -0.2) is 41.4 Å². The number of nitrogens with zero attached hydrogens (tertiary/aromatic N) is 2. The van der Waals surface area contributed by atoms with Gasteiger partial charge in [0.05, 0.1) is 25.3 Å². The Balaban J connectivity index is 1.43. The third-order valence-corrected chi connectivity index (χ3v) is 5.87. The zero-order chi connectivity index (χ0) is 20.1. The zero-order valence-electron chi connectivity index (χ0n) is 15.9. The zero-order valence-corrected chi connectivity index (χ0v) is 15.9. The first kappa shape index (κ1) is 17.9. The largest absolute Gasteiger partial charge is 0.497 e. The van der Waals surface area contributed by atoms with Crippen molar-refractivity contribution in [3.63, 3.8) is 0 Å². The molecule has 0 saturated carbocycles. The van der Waals surface area contributed by atoms with Gasteiger partial charge in [0, 0.05) is 29.7 Å². The van der Waals surface area contributed by atoms with Gasteiger partial charge in [-0.25, -0.2) is 9.29 Å². The normalized spacial score (nSPS) is 19.8. The topological polar surface area (TPSA) is 65.6 Å². The number of carbonyl (C=O) groups is 2. The number of ether oxygens (including phenoxy) is 1. The Bertz CT molecular complexity index is 1140. The number of para-hydroxylation sites is 1. The van der Waals surface area contributed by atoms with Gasteiger partial charge in [-0.3, -0.25) is 14.5 Å². The molecule has 1 aromatic heterocycles. The number of hydrogen-bond acceptors (Lipinski definition) is 4. The third kappa shape index (κ3) is 2.81. The van der Waals surface area contributed by atoms with Crippen molar-refractivity contribution in [2.75, 3.05) is 18.6 Å². The maximum absolute atomic E-state index is 14.2. The number of rotatable bonds is 3. The summed E-state index contributed by atoms with van der Waals surface area (Å²) in [5.74, 6) is -0.488. The number of aromatic nitrogens is 1. The SMILES string of the molecule is COc1ccc2[nH]c3c(c2c1)CCN(C1CC(=O)N(c2ccccc2F)C1=O)C3. The number of halogens is 1. The van der Waals surface area contributed by atoms with Crippen LogP contribution < -0.4 is 9.64 Å². The number of methoxy groups -OCH3 is 1. The summed E-state index contributed by atoms with van der Waals surface area (Å²) in [5.41, 5.74) is 3.32. The molecule has 0 radical (unpaired) electrons. The number of carbonyl (C=O) groups excluding carboxylic acids is 2. The van der Waals surface area contributed by atoms with Crippen LogP contribution in [0.4, 0.5) is 10.1 Å². The third-order valence-electron chi connectivity index (χ3n) is 5.87. The standard InChI is InChI=1S/C22H20FN3O3/c1-29-13-6-7-17-15(10-13)14-8-9-25(12-18(14)24-17)20-11-21(27)26(22(20)28)19-5-3-2-4-16(19)23/h2-7,10,20,24H,8-9,11-12H2,1H3. The van der Waals surface area contributed by atoms with Crippen LogP contribution in [-0.2, 0) is 22.6 Å². The predicted octanol–water partition coefficient (Wildman–Crippen LogP) is 3.01. The molecule has 5 rings (SSSR count). The summed E-state index contributed by atoms with van der Waals surface area (Å²) in [4.78, 5) is 32.0. The summed E-state index contributed by atoms with van der Waals surface area (Å²) in [7, 11) is 1.64. The smallest absolute Gasteiger partial charge is 0.251 e. The average molecular weight is 393 g/mol. The lowest BCUT2D eigenvalue weighted by molar-refractivity contribution is -0.123. The fourth-order valence-corrected chi connectivity index (χ4v) is 4.42. The Hall–Kier alpha value is -3.19. The van der Waals surface area contributed by atoms with E-state index in [1.807, 2.05) is 23.1 Å². The minimum absolute atomic E-state index is 0.0282. The van der Waals surface area contributed by atoms with E-state index < -0.39 is 11.9 Å². The molecule has 0 aliphatic carbocycles. The molecule has 2 aliphatic rings. The van der Waals surface area contributed by atoms with Crippen molar-refractivity contribution in [3.8, 4) is 5.75 Å². The molecular formula is C22H20FN3O3. The van der Waals surface area contributed by atoms with Crippen LogP contribution in [0.3, 0.4) is 0 Å². The first-order valence-corrected chi connectivity index (χ1v) is 9.59. The lowest BCUT2D eigenvalue weighted by Gasteiger charge is -2.30. The number of amides is 2. The fourth-order valence-electron chi connectivity index (χ4n) is 4.42. The summed E-state index contributed by atoms with van der Waals surface area (Å²) in [6, 6.07) is 11.2. The first-order chi connectivity index (χ1) is 14.1. The monoisotopic (exact) mass is 393 g/mol. The minimum atomic E-state index is -0.573. The average Bonchev–Trinajstić information content (AvgIpc) is 3.24. The van der Waals surface area contributed by atoms with Crippen LogP contribution in [0.5, 0.6) is 5.75 Å². The van der Waals surface area contributed by atoms with Crippen molar-refractivity contribution < 1.29 is 18.7 Å². The van der Waals surface area contributed by atoms with Gasteiger partial charge in [0.1, 0.15) is 11.6 Å². The van der Waals surface area contributed by atoms with Crippen molar-refractivity contribution in [3.05, 3.63) is 59.5 Å². The Morgan fingerprint density at radius 1 is 1.17 bits per heavy atom. The van der Waals surface area contributed by atoms with E-state index in [-0.39, 0.29) is 23.9 Å². The van der Waals surface area contributed by atoms with Crippen LogP contribution in [0.1, 0.15) is 17.7 Å². The molecular weight excluding hydrogens is 373 g/mol. The van der Waals surface area contributed by atoms with Gasteiger partial charge in [0.25, 0.3) is 5.91 Å². The van der Waals surface area contributed by atoms with Crippen molar-refractivity contribution in [1.82, 2.24) is 9.88 Å². The van der Waals surface area contributed by atoms with Crippen molar-refractivity contribution in [2.45, 2.75) is 25.4 Å². The van der Waals surface area contributed by atoms with Crippen LogP contribution in [0.15, 0.2) is 42.5 Å². The second-order valence-corrected chi connectivity index (χ2v) is 7.45. The highest BCUT2D eigenvalue weighted by atomic mass is 19.1. The number of fused-ring (bicyclic) bond motifs is 3. The summed E-state index contributed by atoms with van der Waals surface area (Å²) in [6.45, 7) is 1.20. The highest BCUT2D eigenvalue weighted by molar-refractivity contribution is 6.22. The highest BCUT2D eigenvalue weighted by Gasteiger charge is 2.44. The van der Waals surface area contributed by atoms with Crippen molar-refractivity contribution in [1.29, 1.82) is 0 Å². The van der Waals surface area contributed by atoms with Gasteiger partial charge < -0.3 is 9.72 Å². The van der Waals surface area contributed by atoms with Crippen LogP contribution in [0.25, 0.3) is 10.9 Å². The quantitative estimate of drug-likeness (QED) is 0.695. The van der Waals surface area contributed by atoms with Gasteiger partial charge in [0.15, 0.2) is 0 Å². The molecule has 1 unspecified atom stereocenters. The summed E-state index contributed by atoms with van der Waals surface area (Å²) < 4.78 is 19.5. The summed E-state index contributed by atoms with van der Waals surface area (Å²) >= 11 is 0. The van der Waals surface area contributed by atoms with Gasteiger partial charge in [-0.1, -0.05) is 12.1 Å². The van der Waals surface area contributed by atoms with Gasteiger partial charge >= 0.3 is 0 Å². The minimum Gasteiger partial charge on any atom is -0.497 e. The molecule has 3 heterocycles. The first-order valence-electron chi connectivity index (χ1n) is 9.59. The van der Waals surface area contributed by atoms with E-state index in [1.54, 1.807) is 19.2 Å². The number of benzene rings is 2. The van der Waals surface area contributed by atoms with E-state index in [1.165, 1.54) is 17.7 Å². The van der Waals surface area contributed by atoms with Crippen molar-refractivity contribution in [2.24, 2.45) is 0 Å². The molecule has 2 amide bonds. The number of H-pyrrole nitrogens is 1. The lowest BCUT2D eigenvalue weighted by Crippen LogP contribution is -2.44.